The maximum Gasteiger partial charge on any atom is 0.257 e. The van der Waals surface area contributed by atoms with Crippen molar-refractivity contribution in [3.05, 3.63) is 47.9 Å². The van der Waals surface area contributed by atoms with E-state index in [0.29, 0.717) is 18.0 Å². The van der Waals surface area contributed by atoms with Crippen LogP contribution in [0.5, 0.6) is 11.5 Å². The van der Waals surface area contributed by atoms with Crippen molar-refractivity contribution >= 4 is 5.91 Å². The zero-order chi connectivity index (χ0) is 15.5. The third-order valence-electron chi connectivity index (χ3n) is 4.09. The summed E-state index contributed by atoms with van der Waals surface area (Å²) in [6.45, 7) is 1.44. The Bertz CT molecular complexity index is 628. The van der Waals surface area contributed by atoms with Gasteiger partial charge in [-0.1, -0.05) is 0 Å². The van der Waals surface area contributed by atoms with Gasteiger partial charge < -0.3 is 18.8 Å². The summed E-state index contributed by atoms with van der Waals surface area (Å²) in [5.74, 6) is 1.86. The van der Waals surface area contributed by atoms with E-state index in [1.165, 1.54) is 12.5 Å². The number of ether oxygens (including phenoxy) is 2. The minimum Gasteiger partial charge on any atom is -0.497 e. The van der Waals surface area contributed by atoms with Gasteiger partial charge in [0.2, 0.25) is 0 Å². The lowest BCUT2D eigenvalue weighted by Gasteiger charge is -2.16. The number of amides is 1. The lowest BCUT2D eigenvalue weighted by atomic mass is 9.98. The van der Waals surface area contributed by atoms with Crippen molar-refractivity contribution in [2.45, 2.75) is 12.3 Å². The normalized spacial score (nSPS) is 17.5. The Morgan fingerprint density at radius 1 is 1.23 bits per heavy atom. The molecule has 2 heterocycles. The van der Waals surface area contributed by atoms with Gasteiger partial charge in [-0.2, -0.15) is 0 Å². The average molecular weight is 301 g/mol. The first-order valence-corrected chi connectivity index (χ1v) is 7.25. The fraction of sp³-hybridized carbons (Fsp3) is 0.353. The number of hydrogen-bond donors (Lipinski definition) is 0. The van der Waals surface area contributed by atoms with Crippen LogP contribution in [-0.2, 0) is 0 Å². The van der Waals surface area contributed by atoms with E-state index >= 15 is 0 Å². The Morgan fingerprint density at radius 3 is 2.55 bits per heavy atom. The summed E-state index contributed by atoms with van der Waals surface area (Å²) in [5.41, 5.74) is 1.74. The molecule has 1 fully saturated rings. The molecule has 22 heavy (non-hydrogen) atoms. The van der Waals surface area contributed by atoms with Crippen LogP contribution in [-0.4, -0.2) is 38.1 Å². The summed E-state index contributed by atoms with van der Waals surface area (Å²) in [6.07, 6.45) is 3.94. The van der Waals surface area contributed by atoms with Crippen molar-refractivity contribution in [1.82, 2.24) is 4.90 Å². The molecule has 5 nitrogen and oxygen atoms in total. The molecule has 3 rings (SSSR count). The lowest BCUT2D eigenvalue weighted by Crippen LogP contribution is -2.28. The SMILES string of the molecule is COc1cc(OC)cc([C@@H]2CCN(C(=O)c3ccoc3)C2)c1. The van der Waals surface area contributed by atoms with Crippen LogP contribution < -0.4 is 9.47 Å². The van der Waals surface area contributed by atoms with Crippen LogP contribution >= 0.6 is 0 Å². The molecule has 1 aromatic heterocycles. The van der Waals surface area contributed by atoms with E-state index in [-0.39, 0.29) is 5.91 Å². The number of carbonyl (C=O) groups is 1. The van der Waals surface area contributed by atoms with E-state index < -0.39 is 0 Å². The van der Waals surface area contributed by atoms with Gasteiger partial charge in [0.05, 0.1) is 26.0 Å². The predicted octanol–water partition coefficient (Wildman–Crippen LogP) is 2.93. The number of benzene rings is 1. The quantitative estimate of drug-likeness (QED) is 0.871. The minimum absolute atomic E-state index is 0.0195. The zero-order valence-electron chi connectivity index (χ0n) is 12.7. The third-order valence-corrected chi connectivity index (χ3v) is 4.09. The van der Waals surface area contributed by atoms with Gasteiger partial charge in [0.15, 0.2) is 0 Å². The van der Waals surface area contributed by atoms with E-state index in [2.05, 4.69) is 0 Å². The maximum absolute atomic E-state index is 12.3. The Labute approximate surface area is 129 Å². The summed E-state index contributed by atoms with van der Waals surface area (Å²) in [6, 6.07) is 7.58. The number of furan rings is 1. The van der Waals surface area contributed by atoms with Gasteiger partial charge in [-0.05, 0) is 30.2 Å². The molecule has 116 valence electrons. The van der Waals surface area contributed by atoms with Crippen LogP contribution in [0.3, 0.4) is 0 Å². The smallest absolute Gasteiger partial charge is 0.257 e. The monoisotopic (exact) mass is 301 g/mol. The highest BCUT2D eigenvalue weighted by molar-refractivity contribution is 5.94. The first kappa shape index (κ1) is 14.5. The van der Waals surface area contributed by atoms with Crippen molar-refractivity contribution in [2.75, 3.05) is 27.3 Å². The molecule has 2 aromatic rings. The molecule has 1 saturated heterocycles. The van der Waals surface area contributed by atoms with E-state index in [4.69, 9.17) is 13.9 Å². The molecule has 5 heteroatoms. The summed E-state index contributed by atoms with van der Waals surface area (Å²) < 4.78 is 15.6. The fourth-order valence-electron chi connectivity index (χ4n) is 2.85. The number of likely N-dealkylation sites (tertiary alicyclic amines) is 1. The molecule has 0 N–H and O–H groups in total. The maximum atomic E-state index is 12.3. The molecule has 0 radical (unpaired) electrons. The second kappa shape index (κ2) is 6.13. The Kier molecular flexibility index (Phi) is 4.04. The van der Waals surface area contributed by atoms with Gasteiger partial charge in [0, 0.05) is 25.1 Å². The Balaban J connectivity index is 1.76. The van der Waals surface area contributed by atoms with Gasteiger partial charge in [0.25, 0.3) is 5.91 Å². The standard InChI is InChI=1S/C17H19NO4/c1-20-15-7-14(8-16(9-15)21-2)12-3-5-18(10-12)17(19)13-4-6-22-11-13/h4,6-9,11-12H,3,5,10H2,1-2H3/t12-/m1/s1. The molecule has 0 saturated carbocycles. The van der Waals surface area contributed by atoms with Crippen molar-refractivity contribution in [2.24, 2.45) is 0 Å². The Hall–Kier alpha value is -2.43. The van der Waals surface area contributed by atoms with E-state index in [1.807, 2.05) is 23.1 Å². The number of rotatable bonds is 4. The van der Waals surface area contributed by atoms with E-state index in [1.54, 1.807) is 20.3 Å². The average Bonchev–Trinajstić information content (AvgIpc) is 3.25. The summed E-state index contributed by atoms with van der Waals surface area (Å²) in [5, 5.41) is 0. The summed E-state index contributed by atoms with van der Waals surface area (Å²) in [4.78, 5) is 14.2. The molecular formula is C17H19NO4. The molecule has 0 unspecified atom stereocenters. The third kappa shape index (κ3) is 2.79. The van der Waals surface area contributed by atoms with Crippen LogP contribution in [0.15, 0.2) is 41.2 Å². The molecule has 0 aliphatic carbocycles. The summed E-state index contributed by atoms with van der Waals surface area (Å²) >= 11 is 0. The highest BCUT2D eigenvalue weighted by Gasteiger charge is 2.29. The van der Waals surface area contributed by atoms with Crippen molar-refractivity contribution < 1.29 is 18.7 Å². The van der Waals surface area contributed by atoms with E-state index in [0.717, 1.165) is 30.0 Å². The van der Waals surface area contributed by atoms with Crippen LogP contribution in [0.1, 0.15) is 28.3 Å². The van der Waals surface area contributed by atoms with Gasteiger partial charge in [-0.3, -0.25) is 4.79 Å². The molecule has 1 amide bonds. The van der Waals surface area contributed by atoms with Gasteiger partial charge in [0.1, 0.15) is 17.8 Å². The molecule has 1 atom stereocenters. The molecule has 1 aromatic carbocycles. The van der Waals surface area contributed by atoms with Crippen LogP contribution in [0, 0.1) is 0 Å². The van der Waals surface area contributed by atoms with Gasteiger partial charge in [-0.15, -0.1) is 0 Å². The second-order valence-electron chi connectivity index (χ2n) is 5.39. The van der Waals surface area contributed by atoms with Gasteiger partial charge >= 0.3 is 0 Å². The van der Waals surface area contributed by atoms with Crippen LogP contribution in [0.25, 0.3) is 0 Å². The minimum atomic E-state index is 0.0195. The van der Waals surface area contributed by atoms with Crippen molar-refractivity contribution in [3.8, 4) is 11.5 Å². The highest BCUT2D eigenvalue weighted by Crippen LogP contribution is 2.33. The number of hydrogen-bond acceptors (Lipinski definition) is 4. The lowest BCUT2D eigenvalue weighted by molar-refractivity contribution is 0.0790. The summed E-state index contributed by atoms with van der Waals surface area (Å²) in [7, 11) is 3.28. The predicted molar refractivity (Wildman–Crippen MR) is 81.5 cm³/mol. The van der Waals surface area contributed by atoms with Crippen LogP contribution in [0.4, 0.5) is 0 Å². The van der Waals surface area contributed by atoms with Crippen molar-refractivity contribution in [1.29, 1.82) is 0 Å². The largest absolute Gasteiger partial charge is 0.497 e. The Morgan fingerprint density at radius 2 is 1.95 bits per heavy atom. The molecule has 1 aliphatic heterocycles. The van der Waals surface area contributed by atoms with E-state index in [9.17, 15) is 4.79 Å². The number of methoxy groups -OCH3 is 2. The molecule has 1 aliphatic rings. The topological polar surface area (TPSA) is 51.9 Å². The van der Waals surface area contributed by atoms with Crippen LogP contribution in [0.2, 0.25) is 0 Å². The highest BCUT2D eigenvalue weighted by atomic mass is 16.5. The first-order chi connectivity index (χ1) is 10.7. The number of carbonyl (C=O) groups excluding carboxylic acids is 1. The fourth-order valence-corrected chi connectivity index (χ4v) is 2.85. The molecule has 0 bridgehead atoms. The second-order valence-corrected chi connectivity index (χ2v) is 5.39. The zero-order valence-corrected chi connectivity index (χ0v) is 12.7. The molecular weight excluding hydrogens is 282 g/mol. The number of nitrogens with zero attached hydrogens (tertiary/aromatic N) is 1. The first-order valence-electron chi connectivity index (χ1n) is 7.25. The molecule has 0 spiro atoms. The van der Waals surface area contributed by atoms with Crippen molar-refractivity contribution in [3.63, 3.8) is 0 Å². The van der Waals surface area contributed by atoms with Gasteiger partial charge in [-0.25, -0.2) is 0 Å².